The van der Waals surface area contributed by atoms with Gasteiger partial charge in [0.05, 0.1) is 24.0 Å². The standard InChI is InChI=1S/C14H19N5O2/c1-2-19-13-10(9-16-19)8-12-17-11(13)4-3-6-21-7-5-15-14(20)18-12/h8-9H,2-7H2,1H3,(H2,15,17,18,20). The third kappa shape index (κ3) is 2.97. The predicted molar refractivity (Wildman–Crippen MR) is 79.4 cm³/mol. The van der Waals surface area contributed by atoms with Gasteiger partial charge in [0.15, 0.2) is 0 Å². The molecule has 112 valence electrons. The molecule has 2 aromatic heterocycles. The number of hydrogen-bond acceptors (Lipinski definition) is 4. The van der Waals surface area contributed by atoms with Gasteiger partial charge in [0.2, 0.25) is 0 Å². The third-order valence-electron chi connectivity index (χ3n) is 3.46. The van der Waals surface area contributed by atoms with Gasteiger partial charge >= 0.3 is 6.03 Å². The molecule has 0 saturated heterocycles. The Bertz CT molecular complexity index is 652. The van der Waals surface area contributed by atoms with Crippen molar-refractivity contribution in [3.63, 3.8) is 0 Å². The van der Waals surface area contributed by atoms with Gasteiger partial charge < -0.3 is 10.1 Å². The molecule has 7 heteroatoms. The zero-order valence-corrected chi connectivity index (χ0v) is 12.1. The first kappa shape index (κ1) is 13.8. The Morgan fingerprint density at radius 2 is 2.33 bits per heavy atom. The van der Waals surface area contributed by atoms with E-state index in [-0.39, 0.29) is 6.03 Å². The summed E-state index contributed by atoms with van der Waals surface area (Å²) in [7, 11) is 0. The number of ether oxygens (including phenoxy) is 1. The van der Waals surface area contributed by atoms with Crippen LogP contribution in [0.15, 0.2) is 12.3 Å². The highest BCUT2D eigenvalue weighted by Gasteiger charge is 2.13. The predicted octanol–water partition coefficient (Wildman–Crippen LogP) is 1.54. The number of aryl methyl sites for hydroxylation is 2. The van der Waals surface area contributed by atoms with E-state index in [1.165, 1.54) is 0 Å². The lowest BCUT2D eigenvalue weighted by atomic mass is 10.1. The van der Waals surface area contributed by atoms with E-state index in [0.29, 0.717) is 25.6 Å². The van der Waals surface area contributed by atoms with Gasteiger partial charge in [0.25, 0.3) is 0 Å². The van der Waals surface area contributed by atoms with Gasteiger partial charge in [0, 0.05) is 25.1 Å². The fourth-order valence-corrected chi connectivity index (χ4v) is 2.52. The number of aromatic nitrogens is 3. The van der Waals surface area contributed by atoms with E-state index in [2.05, 4.69) is 27.6 Å². The molecule has 0 atom stereocenters. The maximum absolute atomic E-state index is 11.8. The fourth-order valence-electron chi connectivity index (χ4n) is 2.52. The van der Waals surface area contributed by atoms with Crippen molar-refractivity contribution in [3.8, 4) is 0 Å². The van der Waals surface area contributed by atoms with E-state index >= 15 is 0 Å². The van der Waals surface area contributed by atoms with E-state index in [4.69, 9.17) is 4.74 Å². The molecule has 0 fully saturated rings. The Morgan fingerprint density at radius 3 is 3.19 bits per heavy atom. The smallest absolute Gasteiger partial charge is 0.320 e. The zero-order chi connectivity index (χ0) is 14.7. The van der Waals surface area contributed by atoms with Crippen LogP contribution in [0.5, 0.6) is 0 Å². The van der Waals surface area contributed by atoms with Crippen LogP contribution in [-0.2, 0) is 17.7 Å². The SMILES string of the molecule is CCn1ncc2cc3nc(c21)CCCOCCNC(=O)N3. The van der Waals surface area contributed by atoms with E-state index in [1.54, 1.807) is 0 Å². The van der Waals surface area contributed by atoms with Crippen LogP contribution in [0.4, 0.5) is 10.6 Å². The summed E-state index contributed by atoms with van der Waals surface area (Å²) in [6, 6.07) is 1.60. The Kier molecular flexibility index (Phi) is 4.01. The number of carbonyl (C=O) groups is 1. The van der Waals surface area contributed by atoms with Crippen LogP contribution >= 0.6 is 0 Å². The third-order valence-corrected chi connectivity index (χ3v) is 3.46. The number of pyridine rings is 1. The summed E-state index contributed by atoms with van der Waals surface area (Å²) in [6.07, 6.45) is 3.52. The van der Waals surface area contributed by atoms with Crippen molar-refractivity contribution < 1.29 is 9.53 Å². The highest BCUT2D eigenvalue weighted by atomic mass is 16.5. The molecule has 3 rings (SSSR count). The fraction of sp³-hybridized carbons (Fsp3) is 0.500. The van der Waals surface area contributed by atoms with Crippen LogP contribution in [0.2, 0.25) is 0 Å². The number of anilines is 1. The Hall–Kier alpha value is -2.15. The van der Waals surface area contributed by atoms with Crippen LogP contribution in [0, 0.1) is 0 Å². The molecule has 1 aliphatic rings. The van der Waals surface area contributed by atoms with Gasteiger partial charge in [-0.05, 0) is 25.8 Å². The molecule has 0 aromatic carbocycles. The van der Waals surface area contributed by atoms with Crippen molar-refractivity contribution >= 4 is 22.8 Å². The number of carbonyl (C=O) groups excluding carboxylic acids is 1. The van der Waals surface area contributed by atoms with Gasteiger partial charge in [-0.2, -0.15) is 5.10 Å². The number of hydrogen-bond donors (Lipinski definition) is 2. The summed E-state index contributed by atoms with van der Waals surface area (Å²) < 4.78 is 7.42. The topological polar surface area (TPSA) is 81.1 Å². The molecule has 7 nitrogen and oxygen atoms in total. The monoisotopic (exact) mass is 289 g/mol. The van der Waals surface area contributed by atoms with Crippen molar-refractivity contribution in [1.29, 1.82) is 0 Å². The van der Waals surface area contributed by atoms with Gasteiger partial charge in [-0.25, -0.2) is 9.78 Å². The van der Waals surface area contributed by atoms with Gasteiger partial charge in [0.1, 0.15) is 5.82 Å². The van der Waals surface area contributed by atoms with Crippen LogP contribution in [0.3, 0.4) is 0 Å². The zero-order valence-electron chi connectivity index (χ0n) is 12.1. The summed E-state index contributed by atoms with van der Waals surface area (Å²) in [5.74, 6) is 0.562. The number of urea groups is 1. The quantitative estimate of drug-likeness (QED) is 0.834. The molecule has 3 heterocycles. The van der Waals surface area contributed by atoms with Crippen molar-refractivity contribution in [1.82, 2.24) is 20.1 Å². The van der Waals surface area contributed by atoms with Gasteiger partial charge in [-0.3, -0.25) is 10.00 Å². The van der Waals surface area contributed by atoms with E-state index in [0.717, 1.165) is 36.0 Å². The number of fused-ring (bicyclic) bond motifs is 4. The van der Waals surface area contributed by atoms with Crippen LogP contribution < -0.4 is 10.6 Å². The average Bonchev–Trinajstić information content (AvgIpc) is 2.88. The maximum atomic E-state index is 11.8. The van der Waals surface area contributed by atoms with Crippen molar-refractivity contribution in [2.75, 3.05) is 25.1 Å². The molecule has 2 amide bonds. The minimum absolute atomic E-state index is 0.264. The summed E-state index contributed by atoms with van der Waals surface area (Å²) >= 11 is 0. The normalized spacial score (nSPS) is 16.7. The average molecular weight is 289 g/mol. The van der Waals surface area contributed by atoms with Crippen molar-refractivity contribution in [2.24, 2.45) is 0 Å². The highest BCUT2D eigenvalue weighted by Crippen LogP contribution is 2.22. The van der Waals surface area contributed by atoms with E-state index < -0.39 is 0 Å². The molecule has 0 spiro atoms. The Labute approximate surface area is 122 Å². The number of rotatable bonds is 1. The Balaban J connectivity index is 2.02. The first-order valence-electron chi connectivity index (χ1n) is 7.26. The molecule has 0 unspecified atom stereocenters. The molecule has 2 aromatic rings. The first-order valence-corrected chi connectivity index (χ1v) is 7.26. The molecule has 0 saturated carbocycles. The van der Waals surface area contributed by atoms with E-state index in [1.807, 2.05) is 16.9 Å². The first-order chi connectivity index (χ1) is 10.3. The maximum Gasteiger partial charge on any atom is 0.320 e. The minimum Gasteiger partial charge on any atom is -0.380 e. The Morgan fingerprint density at radius 1 is 1.43 bits per heavy atom. The largest absolute Gasteiger partial charge is 0.380 e. The minimum atomic E-state index is -0.264. The summed E-state index contributed by atoms with van der Waals surface area (Å²) in [6.45, 7) is 4.53. The lowest BCUT2D eigenvalue weighted by Gasteiger charge is -2.13. The number of nitrogens with one attached hydrogen (secondary N) is 2. The van der Waals surface area contributed by atoms with Crippen molar-refractivity contribution in [2.45, 2.75) is 26.3 Å². The molecule has 2 N–H and O–H groups in total. The van der Waals surface area contributed by atoms with Crippen LogP contribution in [0.1, 0.15) is 19.0 Å². The summed E-state index contributed by atoms with van der Waals surface area (Å²) in [5.41, 5.74) is 1.99. The lowest BCUT2D eigenvalue weighted by molar-refractivity contribution is 0.134. The molecular formula is C14H19N5O2. The van der Waals surface area contributed by atoms with Crippen LogP contribution in [-0.4, -0.2) is 40.6 Å². The second kappa shape index (κ2) is 6.09. The molecule has 0 radical (unpaired) electrons. The second-order valence-electron chi connectivity index (χ2n) is 4.95. The summed E-state index contributed by atoms with van der Waals surface area (Å²) in [4.78, 5) is 16.3. The molecular weight excluding hydrogens is 270 g/mol. The van der Waals surface area contributed by atoms with Crippen LogP contribution in [0.25, 0.3) is 10.9 Å². The van der Waals surface area contributed by atoms with Gasteiger partial charge in [-0.1, -0.05) is 0 Å². The second-order valence-corrected chi connectivity index (χ2v) is 4.95. The van der Waals surface area contributed by atoms with E-state index in [9.17, 15) is 4.79 Å². The lowest BCUT2D eigenvalue weighted by Crippen LogP contribution is -2.32. The van der Waals surface area contributed by atoms with Crippen molar-refractivity contribution in [3.05, 3.63) is 18.0 Å². The highest BCUT2D eigenvalue weighted by molar-refractivity contribution is 5.91. The number of amides is 2. The molecule has 2 bridgehead atoms. The summed E-state index contributed by atoms with van der Waals surface area (Å²) in [5, 5.41) is 10.9. The number of nitrogens with zero attached hydrogens (tertiary/aromatic N) is 3. The molecule has 1 aliphatic heterocycles. The molecule has 0 aliphatic carbocycles. The molecule has 21 heavy (non-hydrogen) atoms. The van der Waals surface area contributed by atoms with Gasteiger partial charge in [-0.15, -0.1) is 0 Å².